The van der Waals surface area contributed by atoms with Crippen LogP contribution in [0.2, 0.25) is 0 Å². The molecule has 5 nitrogen and oxygen atoms in total. The van der Waals surface area contributed by atoms with Gasteiger partial charge in [0.25, 0.3) is 0 Å². The molecule has 0 radical (unpaired) electrons. The topological polar surface area (TPSA) is 53.6 Å². The molecule has 2 atom stereocenters. The molecular formula is C14H25N3O2. The van der Waals surface area contributed by atoms with Crippen molar-refractivity contribution in [3.8, 4) is 0 Å². The first-order valence-corrected chi connectivity index (χ1v) is 7.36. The van der Waals surface area contributed by atoms with Crippen LogP contribution >= 0.6 is 0 Å². The molecule has 2 N–H and O–H groups in total. The maximum Gasteiger partial charge on any atom is 0.232 e. The number of nitrogens with one attached hydrogen (secondary N) is 2. The number of fused-ring (bicyclic) bond motifs is 1. The molecule has 108 valence electrons. The van der Waals surface area contributed by atoms with E-state index in [0.29, 0.717) is 18.4 Å². The Bertz CT molecular complexity index is 372. The van der Waals surface area contributed by atoms with E-state index < -0.39 is 0 Å². The fourth-order valence-corrected chi connectivity index (χ4v) is 3.78. The van der Waals surface area contributed by atoms with E-state index in [9.17, 15) is 4.79 Å². The van der Waals surface area contributed by atoms with E-state index in [1.165, 1.54) is 0 Å². The minimum absolute atomic E-state index is 0.0155. The minimum Gasteiger partial charge on any atom is -0.380 e. The number of rotatable bonds is 1. The predicted octanol–water partition coefficient (Wildman–Crippen LogP) is -0.177. The van der Waals surface area contributed by atoms with Crippen LogP contribution in [0.1, 0.15) is 20.3 Å². The van der Waals surface area contributed by atoms with Gasteiger partial charge in [-0.3, -0.25) is 4.79 Å². The lowest BCUT2D eigenvalue weighted by Crippen LogP contribution is -2.62. The van der Waals surface area contributed by atoms with Crippen molar-refractivity contribution in [1.29, 1.82) is 0 Å². The summed E-state index contributed by atoms with van der Waals surface area (Å²) in [6.07, 6.45) is 1.01. The molecule has 0 aromatic rings. The van der Waals surface area contributed by atoms with Gasteiger partial charge in [-0.2, -0.15) is 0 Å². The van der Waals surface area contributed by atoms with Crippen LogP contribution < -0.4 is 10.6 Å². The van der Waals surface area contributed by atoms with E-state index in [1.807, 2.05) is 4.90 Å². The molecule has 0 aliphatic carbocycles. The molecule has 5 heteroatoms. The summed E-state index contributed by atoms with van der Waals surface area (Å²) < 4.78 is 5.65. The number of piperazine rings is 1. The van der Waals surface area contributed by atoms with Crippen molar-refractivity contribution in [2.75, 3.05) is 45.9 Å². The lowest BCUT2D eigenvalue weighted by atomic mass is 9.74. The average Bonchev–Trinajstić information content (AvgIpc) is 2.81. The van der Waals surface area contributed by atoms with Crippen molar-refractivity contribution in [2.24, 2.45) is 11.3 Å². The number of carbonyl (C=O) groups is 1. The van der Waals surface area contributed by atoms with Crippen molar-refractivity contribution in [2.45, 2.75) is 25.8 Å². The monoisotopic (exact) mass is 267 g/mol. The lowest BCUT2D eigenvalue weighted by Gasteiger charge is -2.45. The highest BCUT2D eigenvalue weighted by molar-refractivity contribution is 5.84. The van der Waals surface area contributed by atoms with Gasteiger partial charge in [0.1, 0.15) is 0 Å². The summed E-state index contributed by atoms with van der Waals surface area (Å²) in [5.74, 6) is 0.753. The third-order valence-electron chi connectivity index (χ3n) is 4.87. The predicted molar refractivity (Wildman–Crippen MR) is 72.9 cm³/mol. The second kappa shape index (κ2) is 4.72. The van der Waals surface area contributed by atoms with Crippen molar-refractivity contribution in [3.05, 3.63) is 0 Å². The van der Waals surface area contributed by atoms with Crippen LogP contribution in [-0.4, -0.2) is 62.3 Å². The molecular weight excluding hydrogens is 242 g/mol. The van der Waals surface area contributed by atoms with Crippen LogP contribution in [-0.2, 0) is 9.53 Å². The van der Waals surface area contributed by atoms with E-state index in [-0.39, 0.29) is 11.0 Å². The number of nitrogens with zero attached hydrogens (tertiary/aromatic N) is 1. The van der Waals surface area contributed by atoms with Gasteiger partial charge in [-0.25, -0.2) is 0 Å². The number of hydrogen-bond donors (Lipinski definition) is 2. The second-order valence-corrected chi connectivity index (χ2v) is 6.86. The quantitative estimate of drug-likeness (QED) is 0.692. The van der Waals surface area contributed by atoms with Crippen molar-refractivity contribution < 1.29 is 9.53 Å². The second-order valence-electron chi connectivity index (χ2n) is 6.86. The molecule has 3 heterocycles. The van der Waals surface area contributed by atoms with Gasteiger partial charge in [-0.1, -0.05) is 0 Å². The van der Waals surface area contributed by atoms with E-state index in [1.54, 1.807) is 0 Å². The molecule has 0 aromatic heterocycles. The van der Waals surface area contributed by atoms with Gasteiger partial charge in [-0.15, -0.1) is 0 Å². The SMILES string of the molecule is CC1(C)CN(C(=O)[C@]23CNC[C@H]2CCOC3)CCN1. The Morgan fingerprint density at radius 2 is 2.26 bits per heavy atom. The van der Waals surface area contributed by atoms with Gasteiger partial charge < -0.3 is 20.3 Å². The van der Waals surface area contributed by atoms with Crippen LogP contribution in [0.3, 0.4) is 0 Å². The number of amides is 1. The zero-order valence-corrected chi connectivity index (χ0v) is 12.0. The highest BCUT2D eigenvalue weighted by Crippen LogP contribution is 2.39. The fourth-order valence-electron chi connectivity index (χ4n) is 3.78. The van der Waals surface area contributed by atoms with E-state index >= 15 is 0 Å². The van der Waals surface area contributed by atoms with Crippen LogP contribution in [0.25, 0.3) is 0 Å². The summed E-state index contributed by atoms with van der Waals surface area (Å²) in [5, 5.41) is 6.87. The molecule has 3 aliphatic heterocycles. The number of hydrogen-bond acceptors (Lipinski definition) is 4. The number of ether oxygens (including phenoxy) is 1. The maximum absolute atomic E-state index is 13.0. The first-order valence-electron chi connectivity index (χ1n) is 7.36. The summed E-state index contributed by atoms with van der Waals surface area (Å²) >= 11 is 0. The van der Waals surface area contributed by atoms with Gasteiger partial charge in [0.15, 0.2) is 0 Å². The molecule has 0 saturated carbocycles. The van der Waals surface area contributed by atoms with Crippen molar-refractivity contribution in [3.63, 3.8) is 0 Å². The molecule has 3 rings (SSSR count). The summed E-state index contributed by atoms with van der Waals surface area (Å²) in [7, 11) is 0. The Balaban J connectivity index is 1.78. The van der Waals surface area contributed by atoms with Crippen LogP contribution in [0.5, 0.6) is 0 Å². The van der Waals surface area contributed by atoms with Crippen molar-refractivity contribution >= 4 is 5.91 Å². The molecule has 0 bridgehead atoms. The summed E-state index contributed by atoms with van der Waals surface area (Å²) in [5.41, 5.74) is -0.284. The van der Waals surface area contributed by atoms with E-state index in [4.69, 9.17) is 4.74 Å². The largest absolute Gasteiger partial charge is 0.380 e. The maximum atomic E-state index is 13.0. The third kappa shape index (κ3) is 2.28. The normalized spacial score (nSPS) is 38.0. The van der Waals surface area contributed by atoms with E-state index in [2.05, 4.69) is 24.5 Å². The zero-order chi connectivity index (χ0) is 13.5. The minimum atomic E-state index is -0.300. The molecule has 3 aliphatic rings. The van der Waals surface area contributed by atoms with Crippen molar-refractivity contribution in [1.82, 2.24) is 15.5 Å². The molecule has 19 heavy (non-hydrogen) atoms. The van der Waals surface area contributed by atoms with Gasteiger partial charge in [0.2, 0.25) is 5.91 Å². The van der Waals surface area contributed by atoms with Gasteiger partial charge >= 0.3 is 0 Å². The van der Waals surface area contributed by atoms with Gasteiger partial charge in [0.05, 0.1) is 12.0 Å². The van der Waals surface area contributed by atoms with Gasteiger partial charge in [0, 0.05) is 38.3 Å². The molecule has 3 fully saturated rings. The average molecular weight is 267 g/mol. The smallest absolute Gasteiger partial charge is 0.232 e. The van der Waals surface area contributed by atoms with Crippen LogP contribution in [0, 0.1) is 11.3 Å². The molecule has 3 saturated heterocycles. The highest BCUT2D eigenvalue weighted by atomic mass is 16.5. The Kier molecular flexibility index (Phi) is 3.31. The summed E-state index contributed by atoms with van der Waals surface area (Å²) in [6.45, 7) is 9.94. The summed E-state index contributed by atoms with van der Waals surface area (Å²) in [4.78, 5) is 15.1. The Hall–Kier alpha value is -0.650. The Morgan fingerprint density at radius 1 is 1.42 bits per heavy atom. The molecule has 0 aromatic carbocycles. The first kappa shape index (κ1) is 13.3. The van der Waals surface area contributed by atoms with Crippen LogP contribution in [0.4, 0.5) is 0 Å². The number of carbonyl (C=O) groups excluding carboxylic acids is 1. The highest BCUT2D eigenvalue weighted by Gasteiger charge is 2.53. The van der Waals surface area contributed by atoms with Gasteiger partial charge in [-0.05, 0) is 32.7 Å². The fraction of sp³-hybridized carbons (Fsp3) is 0.929. The standard InChI is InChI=1S/C14H25N3O2/c1-13(2)9-17(5-4-16-13)12(18)14-8-15-7-11(14)3-6-19-10-14/h11,15-16H,3-10H2,1-2H3/t11-,14+/m1/s1. The molecule has 0 spiro atoms. The Morgan fingerprint density at radius 3 is 3.05 bits per heavy atom. The molecule has 1 amide bonds. The first-order chi connectivity index (χ1) is 9.04. The summed E-state index contributed by atoms with van der Waals surface area (Å²) in [6, 6.07) is 0. The third-order valence-corrected chi connectivity index (χ3v) is 4.87. The lowest BCUT2D eigenvalue weighted by molar-refractivity contribution is -0.154. The Labute approximate surface area is 115 Å². The van der Waals surface area contributed by atoms with E-state index in [0.717, 1.165) is 45.8 Å². The van der Waals surface area contributed by atoms with Crippen LogP contribution in [0.15, 0.2) is 0 Å². The molecule has 0 unspecified atom stereocenters. The zero-order valence-electron chi connectivity index (χ0n) is 12.0.